The van der Waals surface area contributed by atoms with Crippen molar-refractivity contribution >= 4 is 11.6 Å². The highest BCUT2D eigenvalue weighted by atomic mass is 19.1. The van der Waals surface area contributed by atoms with Crippen LogP contribution in [0.25, 0.3) is 0 Å². The van der Waals surface area contributed by atoms with Crippen molar-refractivity contribution in [2.24, 2.45) is 0 Å². The maximum atomic E-state index is 13.4. The van der Waals surface area contributed by atoms with Crippen LogP contribution in [0, 0.1) is 5.82 Å². The number of nitrogens with zero attached hydrogens (tertiary/aromatic N) is 3. The summed E-state index contributed by atoms with van der Waals surface area (Å²) in [5, 5.41) is 23.5. The molecule has 178 valence electrons. The quantitative estimate of drug-likeness (QED) is 0.614. The van der Waals surface area contributed by atoms with E-state index < -0.39 is 12.7 Å². The lowest BCUT2D eigenvalue weighted by atomic mass is 9.90. The van der Waals surface area contributed by atoms with Gasteiger partial charge in [-0.15, -0.1) is 0 Å². The van der Waals surface area contributed by atoms with E-state index in [2.05, 4.69) is 17.1 Å². The Morgan fingerprint density at radius 3 is 2.73 bits per heavy atom. The molecule has 0 spiro atoms. The summed E-state index contributed by atoms with van der Waals surface area (Å²) in [5.41, 5.74) is 3.08. The third kappa shape index (κ3) is 5.09. The van der Waals surface area contributed by atoms with Gasteiger partial charge >= 0.3 is 0 Å². The Balaban J connectivity index is 1.68. The molecule has 1 amide bonds. The number of aromatic nitrogens is 1. The highest BCUT2D eigenvalue weighted by Gasteiger charge is 2.41. The average molecular weight is 457 g/mol. The Labute approximate surface area is 194 Å². The molecular weight excluding hydrogens is 423 g/mol. The zero-order chi connectivity index (χ0) is 23.8. The molecule has 1 aromatic heterocycles. The summed E-state index contributed by atoms with van der Waals surface area (Å²) >= 11 is 0. The van der Waals surface area contributed by atoms with Crippen molar-refractivity contribution in [3.63, 3.8) is 0 Å². The van der Waals surface area contributed by atoms with Gasteiger partial charge in [0.2, 0.25) is 5.91 Å². The van der Waals surface area contributed by atoms with Gasteiger partial charge in [-0.1, -0.05) is 26.0 Å². The fraction of sp³-hybridized carbons (Fsp3) is 0.520. The van der Waals surface area contributed by atoms with E-state index in [1.54, 1.807) is 17.0 Å². The van der Waals surface area contributed by atoms with E-state index in [0.29, 0.717) is 36.8 Å². The van der Waals surface area contributed by atoms with Crippen LogP contribution in [0.4, 0.5) is 10.1 Å². The maximum absolute atomic E-state index is 13.4. The molecule has 2 aromatic rings. The van der Waals surface area contributed by atoms with E-state index in [9.17, 15) is 19.4 Å². The normalized spacial score (nSPS) is 21.2. The van der Waals surface area contributed by atoms with Crippen molar-refractivity contribution < 1.29 is 19.4 Å². The fourth-order valence-corrected chi connectivity index (χ4v) is 4.81. The van der Waals surface area contributed by atoms with Gasteiger partial charge in [0.1, 0.15) is 11.9 Å². The second-order valence-electron chi connectivity index (χ2n) is 9.86. The Morgan fingerprint density at radius 1 is 1.33 bits per heavy atom. The van der Waals surface area contributed by atoms with Crippen LogP contribution in [-0.4, -0.2) is 71.4 Å². The number of hydrogen-bond donors (Lipinski definition) is 3. The van der Waals surface area contributed by atoms with Crippen LogP contribution >= 0.6 is 0 Å². The Kier molecular flexibility index (Phi) is 6.81. The largest absolute Gasteiger partial charge is 0.393 e. The standard InChI is InChI=1S/C25H33FN4O3/c1-16-12-29(9-8-27-16)13-22(33)30-15-25(2,3)24-20(30)11-18(23(28-24)21(32)14-31)10-17-4-6-19(26)7-5-17/h4-7,11,16,21,27,31-32H,8-10,12-15H2,1-3H3/t16-,21?/m1/s1. The molecule has 1 aromatic carbocycles. The summed E-state index contributed by atoms with van der Waals surface area (Å²) in [6.45, 7) is 9.10. The van der Waals surface area contributed by atoms with Crippen molar-refractivity contribution in [1.82, 2.24) is 15.2 Å². The molecule has 33 heavy (non-hydrogen) atoms. The maximum Gasteiger partial charge on any atom is 0.241 e. The molecule has 8 heteroatoms. The minimum absolute atomic E-state index is 0.0286. The van der Waals surface area contributed by atoms with Gasteiger partial charge in [-0.25, -0.2) is 4.39 Å². The topological polar surface area (TPSA) is 88.9 Å². The highest BCUT2D eigenvalue weighted by molar-refractivity contribution is 5.97. The third-order valence-electron chi connectivity index (χ3n) is 6.51. The highest BCUT2D eigenvalue weighted by Crippen LogP contribution is 2.41. The number of anilines is 1. The molecule has 7 nitrogen and oxygen atoms in total. The number of aliphatic hydroxyl groups excluding tert-OH is 2. The average Bonchev–Trinajstić information content (AvgIpc) is 3.04. The first-order valence-corrected chi connectivity index (χ1v) is 11.5. The van der Waals surface area contributed by atoms with E-state index in [4.69, 9.17) is 4.98 Å². The zero-order valence-corrected chi connectivity index (χ0v) is 19.5. The molecule has 1 unspecified atom stereocenters. The van der Waals surface area contributed by atoms with Gasteiger partial charge in [-0.3, -0.25) is 14.7 Å². The molecule has 2 aliphatic rings. The number of halogens is 1. The first-order valence-electron chi connectivity index (χ1n) is 11.5. The van der Waals surface area contributed by atoms with E-state index in [1.165, 1.54) is 12.1 Å². The van der Waals surface area contributed by atoms with Crippen LogP contribution in [0.5, 0.6) is 0 Å². The van der Waals surface area contributed by atoms with Crippen LogP contribution < -0.4 is 10.2 Å². The van der Waals surface area contributed by atoms with Crippen LogP contribution in [0.2, 0.25) is 0 Å². The van der Waals surface area contributed by atoms with Gasteiger partial charge in [-0.2, -0.15) is 0 Å². The number of benzene rings is 1. The van der Waals surface area contributed by atoms with Crippen LogP contribution in [-0.2, 0) is 16.6 Å². The van der Waals surface area contributed by atoms with Gasteiger partial charge in [-0.05, 0) is 42.7 Å². The van der Waals surface area contributed by atoms with Gasteiger partial charge in [0, 0.05) is 37.6 Å². The molecule has 1 fully saturated rings. The summed E-state index contributed by atoms with van der Waals surface area (Å²) in [6, 6.07) is 8.43. The summed E-state index contributed by atoms with van der Waals surface area (Å²) in [4.78, 5) is 22.1. The summed E-state index contributed by atoms with van der Waals surface area (Å²) in [6.07, 6.45) is -0.723. The number of piperazine rings is 1. The first-order chi connectivity index (χ1) is 15.7. The van der Waals surface area contributed by atoms with E-state index in [1.807, 2.05) is 19.9 Å². The molecule has 1 saturated heterocycles. The number of fused-ring (bicyclic) bond motifs is 1. The van der Waals surface area contributed by atoms with Crippen molar-refractivity contribution in [2.75, 3.05) is 44.2 Å². The van der Waals surface area contributed by atoms with Gasteiger partial charge < -0.3 is 20.4 Å². The number of aliphatic hydroxyl groups is 2. The van der Waals surface area contributed by atoms with Crippen LogP contribution in [0.3, 0.4) is 0 Å². The smallest absolute Gasteiger partial charge is 0.241 e. The second-order valence-corrected chi connectivity index (χ2v) is 9.86. The van der Waals surface area contributed by atoms with Crippen molar-refractivity contribution in [2.45, 2.75) is 44.8 Å². The van der Waals surface area contributed by atoms with E-state index in [-0.39, 0.29) is 17.1 Å². The minimum Gasteiger partial charge on any atom is -0.393 e. The molecule has 4 rings (SSSR count). The second kappa shape index (κ2) is 9.46. The van der Waals surface area contributed by atoms with Crippen LogP contribution in [0.15, 0.2) is 30.3 Å². The van der Waals surface area contributed by atoms with E-state index in [0.717, 1.165) is 36.6 Å². The predicted molar refractivity (Wildman–Crippen MR) is 125 cm³/mol. The third-order valence-corrected chi connectivity index (χ3v) is 6.51. The molecule has 0 aliphatic carbocycles. The number of pyridine rings is 1. The molecule has 0 saturated carbocycles. The zero-order valence-electron chi connectivity index (χ0n) is 19.5. The van der Waals surface area contributed by atoms with Crippen molar-refractivity contribution in [1.29, 1.82) is 0 Å². The molecule has 0 bridgehead atoms. The number of hydrogen-bond acceptors (Lipinski definition) is 6. The molecule has 3 heterocycles. The SMILES string of the molecule is C[C@@H]1CN(CC(=O)N2CC(C)(C)c3nc(C(O)CO)c(Cc4ccc(F)cc4)cc32)CCN1. The Morgan fingerprint density at radius 2 is 2.06 bits per heavy atom. The number of amides is 1. The van der Waals surface area contributed by atoms with Crippen molar-refractivity contribution in [3.05, 3.63) is 58.7 Å². The van der Waals surface area contributed by atoms with Gasteiger partial charge in [0.05, 0.1) is 30.2 Å². The molecule has 0 radical (unpaired) electrons. The number of rotatable bonds is 6. The Hall–Kier alpha value is -2.39. The lowest BCUT2D eigenvalue weighted by molar-refractivity contribution is -0.120. The number of carbonyl (C=O) groups is 1. The lowest BCUT2D eigenvalue weighted by Crippen LogP contribution is -2.52. The summed E-state index contributed by atoms with van der Waals surface area (Å²) in [7, 11) is 0. The predicted octanol–water partition coefficient (Wildman–Crippen LogP) is 1.76. The van der Waals surface area contributed by atoms with Crippen LogP contribution in [0.1, 0.15) is 49.4 Å². The van der Waals surface area contributed by atoms with Gasteiger partial charge in [0.15, 0.2) is 0 Å². The molecular formula is C25H33FN4O3. The summed E-state index contributed by atoms with van der Waals surface area (Å²) < 4.78 is 13.4. The summed E-state index contributed by atoms with van der Waals surface area (Å²) in [5.74, 6) is -0.289. The number of carbonyl (C=O) groups excluding carboxylic acids is 1. The fourth-order valence-electron chi connectivity index (χ4n) is 4.81. The van der Waals surface area contributed by atoms with E-state index >= 15 is 0 Å². The Bertz CT molecular complexity index is 1010. The monoisotopic (exact) mass is 456 g/mol. The number of nitrogens with one attached hydrogen (secondary N) is 1. The lowest BCUT2D eigenvalue weighted by Gasteiger charge is -2.32. The molecule has 2 aliphatic heterocycles. The molecule has 2 atom stereocenters. The molecule has 3 N–H and O–H groups in total. The van der Waals surface area contributed by atoms with Crippen molar-refractivity contribution in [3.8, 4) is 0 Å². The minimum atomic E-state index is -1.13. The first kappa shape index (κ1) is 23.8. The van der Waals surface area contributed by atoms with Gasteiger partial charge in [0.25, 0.3) is 0 Å².